The van der Waals surface area contributed by atoms with Gasteiger partial charge in [-0.1, -0.05) is 0 Å². The lowest BCUT2D eigenvalue weighted by molar-refractivity contribution is 0.122. The highest BCUT2D eigenvalue weighted by Crippen LogP contribution is 2.00. The molecule has 6 nitrogen and oxygen atoms in total. The van der Waals surface area contributed by atoms with Gasteiger partial charge in [-0.15, -0.1) is 0 Å². The largest absolute Gasteiger partial charge is 0.395 e. The third-order valence-electron chi connectivity index (χ3n) is 2.20. The van der Waals surface area contributed by atoms with Gasteiger partial charge in [-0.3, -0.25) is 10.3 Å². The van der Waals surface area contributed by atoms with Crippen LogP contribution in [0.4, 0.5) is 4.79 Å². The van der Waals surface area contributed by atoms with Crippen LogP contribution in [0, 0.1) is 0 Å². The Morgan fingerprint density at radius 2 is 2.00 bits per heavy atom. The third-order valence-corrected chi connectivity index (χ3v) is 2.20. The van der Waals surface area contributed by atoms with Crippen molar-refractivity contribution in [3.05, 3.63) is 0 Å². The number of urea groups is 1. The van der Waals surface area contributed by atoms with Crippen LogP contribution in [0.5, 0.6) is 0 Å². The van der Waals surface area contributed by atoms with Crippen molar-refractivity contribution in [1.82, 2.24) is 15.2 Å². The Morgan fingerprint density at radius 1 is 1.38 bits per heavy atom. The molecule has 0 aromatic heterocycles. The Hall–Kier alpha value is -0.850. The molecule has 0 atom stereocenters. The number of carbonyl (C=O) groups excluding carboxylic acids is 1. The van der Waals surface area contributed by atoms with E-state index in [1.807, 2.05) is 0 Å². The van der Waals surface area contributed by atoms with Gasteiger partial charge < -0.3 is 10.0 Å². The van der Waals surface area contributed by atoms with Gasteiger partial charge >= 0.3 is 6.03 Å². The second-order valence-corrected chi connectivity index (χ2v) is 3.00. The van der Waals surface area contributed by atoms with Crippen molar-refractivity contribution >= 4 is 6.03 Å². The average Bonchev–Trinajstić information content (AvgIpc) is 2.18. The molecule has 0 aliphatic carbocycles. The van der Waals surface area contributed by atoms with Crippen molar-refractivity contribution in [2.45, 2.75) is 0 Å². The Bertz CT molecular complexity index is 168. The van der Waals surface area contributed by atoms with E-state index in [0.717, 1.165) is 13.1 Å². The zero-order valence-electron chi connectivity index (χ0n) is 7.57. The van der Waals surface area contributed by atoms with Gasteiger partial charge in [-0.05, 0) is 0 Å². The number of hydrogen-bond donors (Lipinski definition) is 3. The number of nitrogens with zero attached hydrogens (tertiary/aromatic N) is 2. The summed E-state index contributed by atoms with van der Waals surface area (Å²) in [6.07, 6.45) is 0. The highest BCUT2D eigenvalue weighted by atomic mass is 16.3. The normalized spacial score (nSPS) is 18.8. The molecule has 1 saturated heterocycles. The SMILES string of the molecule is NNC(=O)N1CCN(CCO)CC1. The molecule has 0 radical (unpaired) electrons. The van der Waals surface area contributed by atoms with Gasteiger partial charge in [-0.25, -0.2) is 10.6 Å². The first-order valence-electron chi connectivity index (χ1n) is 4.36. The van der Waals surface area contributed by atoms with Crippen LogP contribution in [0.25, 0.3) is 0 Å². The molecule has 1 fully saturated rings. The van der Waals surface area contributed by atoms with Crippen LogP contribution >= 0.6 is 0 Å². The number of carbonyl (C=O) groups is 1. The number of aliphatic hydroxyl groups excluding tert-OH is 1. The summed E-state index contributed by atoms with van der Waals surface area (Å²) in [5.74, 6) is 5.00. The molecule has 1 aliphatic heterocycles. The van der Waals surface area contributed by atoms with Gasteiger partial charge in [0.15, 0.2) is 0 Å². The average molecular weight is 188 g/mol. The fourth-order valence-corrected chi connectivity index (χ4v) is 1.41. The molecule has 4 N–H and O–H groups in total. The molecule has 0 saturated carbocycles. The molecule has 6 heteroatoms. The van der Waals surface area contributed by atoms with E-state index in [4.69, 9.17) is 10.9 Å². The van der Waals surface area contributed by atoms with Crippen LogP contribution in [0.3, 0.4) is 0 Å². The molecule has 1 rings (SSSR count). The summed E-state index contributed by atoms with van der Waals surface area (Å²) in [6, 6.07) is -0.233. The van der Waals surface area contributed by atoms with Crippen molar-refractivity contribution in [3.63, 3.8) is 0 Å². The summed E-state index contributed by atoms with van der Waals surface area (Å²) in [5, 5.41) is 8.69. The lowest BCUT2D eigenvalue weighted by Crippen LogP contribution is -2.53. The maximum absolute atomic E-state index is 11.1. The molecule has 0 unspecified atom stereocenters. The van der Waals surface area contributed by atoms with Crippen LogP contribution in [-0.2, 0) is 0 Å². The first kappa shape index (κ1) is 10.2. The first-order valence-corrected chi connectivity index (χ1v) is 4.36. The van der Waals surface area contributed by atoms with Crippen LogP contribution in [-0.4, -0.2) is 60.3 Å². The molecule has 0 bridgehead atoms. The van der Waals surface area contributed by atoms with E-state index < -0.39 is 0 Å². The lowest BCUT2D eigenvalue weighted by atomic mass is 10.3. The Kier molecular flexibility index (Phi) is 3.94. The molecular formula is C7H16N4O2. The van der Waals surface area contributed by atoms with E-state index in [-0.39, 0.29) is 12.6 Å². The fraction of sp³-hybridized carbons (Fsp3) is 0.857. The van der Waals surface area contributed by atoms with E-state index in [9.17, 15) is 4.79 Å². The number of hydrazine groups is 1. The number of piperazine rings is 1. The summed E-state index contributed by atoms with van der Waals surface area (Å²) in [6.45, 7) is 3.79. The molecule has 1 aliphatic rings. The predicted molar refractivity (Wildman–Crippen MR) is 47.8 cm³/mol. The molecule has 0 spiro atoms. The van der Waals surface area contributed by atoms with E-state index >= 15 is 0 Å². The molecule has 0 aromatic carbocycles. The highest BCUT2D eigenvalue weighted by Gasteiger charge is 2.19. The lowest BCUT2D eigenvalue weighted by Gasteiger charge is -2.33. The van der Waals surface area contributed by atoms with E-state index in [1.165, 1.54) is 0 Å². The van der Waals surface area contributed by atoms with Crippen molar-refractivity contribution in [2.24, 2.45) is 5.84 Å². The Balaban J connectivity index is 2.26. The summed E-state index contributed by atoms with van der Waals surface area (Å²) in [4.78, 5) is 14.8. The summed E-state index contributed by atoms with van der Waals surface area (Å²) < 4.78 is 0. The molecule has 2 amide bonds. The minimum atomic E-state index is -0.233. The van der Waals surface area contributed by atoms with E-state index in [1.54, 1.807) is 4.90 Å². The van der Waals surface area contributed by atoms with Crippen molar-refractivity contribution in [2.75, 3.05) is 39.3 Å². The van der Waals surface area contributed by atoms with Crippen molar-refractivity contribution < 1.29 is 9.90 Å². The number of nitrogens with two attached hydrogens (primary N) is 1. The predicted octanol–water partition coefficient (Wildman–Crippen LogP) is -1.82. The smallest absolute Gasteiger partial charge is 0.331 e. The van der Waals surface area contributed by atoms with Crippen LogP contribution in [0.2, 0.25) is 0 Å². The van der Waals surface area contributed by atoms with Gasteiger partial charge in [-0.2, -0.15) is 0 Å². The van der Waals surface area contributed by atoms with Gasteiger partial charge in [0.25, 0.3) is 0 Å². The van der Waals surface area contributed by atoms with Gasteiger partial charge in [0.05, 0.1) is 6.61 Å². The molecule has 0 aromatic rings. The quantitative estimate of drug-likeness (QED) is 0.271. The first-order chi connectivity index (χ1) is 6.27. The van der Waals surface area contributed by atoms with Crippen LogP contribution in [0.15, 0.2) is 0 Å². The van der Waals surface area contributed by atoms with E-state index in [2.05, 4.69) is 10.3 Å². The zero-order valence-corrected chi connectivity index (χ0v) is 7.57. The number of rotatable bonds is 2. The minimum Gasteiger partial charge on any atom is -0.395 e. The molecular weight excluding hydrogens is 172 g/mol. The van der Waals surface area contributed by atoms with Crippen LogP contribution in [0.1, 0.15) is 0 Å². The number of nitrogens with one attached hydrogen (secondary N) is 1. The maximum Gasteiger partial charge on any atom is 0.331 e. The standard InChI is InChI=1S/C7H16N4O2/c8-9-7(13)11-3-1-10(2-4-11)5-6-12/h12H,1-6,8H2,(H,9,13). The van der Waals surface area contributed by atoms with Crippen molar-refractivity contribution in [3.8, 4) is 0 Å². The molecule has 76 valence electrons. The monoisotopic (exact) mass is 188 g/mol. The maximum atomic E-state index is 11.1. The zero-order chi connectivity index (χ0) is 9.68. The van der Waals surface area contributed by atoms with Gasteiger partial charge in [0.2, 0.25) is 0 Å². The number of hydrogen-bond acceptors (Lipinski definition) is 4. The highest BCUT2D eigenvalue weighted by molar-refractivity contribution is 5.73. The van der Waals surface area contributed by atoms with Gasteiger partial charge in [0, 0.05) is 32.7 Å². The summed E-state index contributed by atoms with van der Waals surface area (Å²) >= 11 is 0. The minimum absolute atomic E-state index is 0.170. The number of β-amino-alcohol motifs (C(OH)–C–C–N with tert-alkyl or cyclic N) is 1. The third kappa shape index (κ3) is 2.83. The Labute approximate surface area is 77.3 Å². The topological polar surface area (TPSA) is 81.8 Å². The van der Waals surface area contributed by atoms with Crippen LogP contribution < -0.4 is 11.3 Å². The number of aliphatic hydroxyl groups is 1. The Morgan fingerprint density at radius 3 is 2.46 bits per heavy atom. The summed E-state index contributed by atoms with van der Waals surface area (Å²) in [5.41, 5.74) is 2.10. The summed E-state index contributed by atoms with van der Waals surface area (Å²) in [7, 11) is 0. The molecule has 1 heterocycles. The second kappa shape index (κ2) is 5.00. The second-order valence-electron chi connectivity index (χ2n) is 3.00. The van der Waals surface area contributed by atoms with E-state index in [0.29, 0.717) is 19.6 Å². The number of amides is 2. The van der Waals surface area contributed by atoms with Gasteiger partial charge in [0.1, 0.15) is 0 Å². The fourth-order valence-electron chi connectivity index (χ4n) is 1.41. The van der Waals surface area contributed by atoms with Crippen molar-refractivity contribution in [1.29, 1.82) is 0 Å². The molecule has 13 heavy (non-hydrogen) atoms.